The summed E-state index contributed by atoms with van der Waals surface area (Å²) in [7, 11) is -0.146. The largest absolute Gasteiger partial charge is 0.496 e. The number of H-pyrrole nitrogens is 1. The number of ether oxygens (including phenoxy) is 1. The summed E-state index contributed by atoms with van der Waals surface area (Å²) in [4.78, 5) is 12.0. The number of para-hydroxylation sites is 2. The minimum absolute atomic E-state index is 0.159. The molecule has 0 aliphatic carbocycles. The normalized spacial score (nSPS) is 12.5. The monoisotopic (exact) mass is 347 g/mol. The molecule has 0 bridgehead atoms. The Labute approximate surface area is 141 Å². The Bertz CT molecular complexity index is 903. The van der Waals surface area contributed by atoms with Gasteiger partial charge in [-0.05, 0) is 26.0 Å². The number of hydrogen-bond acceptors (Lipinski definition) is 5. The van der Waals surface area contributed by atoms with Crippen LogP contribution in [0.5, 0.6) is 5.75 Å². The minimum Gasteiger partial charge on any atom is -0.496 e. The smallest absolute Gasteiger partial charge is 0.214 e. The van der Waals surface area contributed by atoms with Crippen molar-refractivity contribution in [2.45, 2.75) is 24.8 Å². The molecule has 1 aromatic carbocycles. The number of thiol groups is 1. The van der Waals surface area contributed by atoms with Gasteiger partial charge >= 0.3 is 0 Å². The number of aromatic nitrogens is 3. The van der Waals surface area contributed by atoms with E-state index in [1.54, 1.807) is 13.3 Å². The maximum Gasteiger partial charge on any atom is 0.214 e. The highest BCUT2D eigenvalue weighted by atomic mass is 32.3. The van der Waals surface area contributed by atoms with Crippen LogP contribution in [0.25, 0.3) is 11.0 Å². The van der Waals surface area contributed by atoms with E-state index in [9.17, 15) is 4.21 Å². The van der Waals surface area contributed by atoms with Crippen LogP contribution in [0.2, 0.25) is 0 Å². The van der Waals surface area contributed by atoms with Crippen LogP contribution in [0, 0.1) is 13.8 Å². The van der Waals surface area contributed by atoms with Crippen LogP contribution in [-0.4, -0.2) is 33.4 Å². The molecule has 0 unspecified atom stereocenters. The maximum absolute atomic E-state index is 13.4. The predicted octanol–water partition coefficient (Wildman–Crippen LogP) is 2.72. The zero-order valence-corrected chi connectivity index (χ0v) is 15.1. The molecule has 2 aromatic heterocycles. The summed E-state index contributed by atoms with van der Waals surface area (Å²) in [6, 6.07) is 7.55. The number of aryl methyl sites for hydroxylation is 1. The number of nitrogens with zero attached hydrogens (tertiary/aromatic N) is 2. The minimum atomic E-state index is -3.20. The Morgan fingerprint density at radius 1 is 1.21 bits per heavy atom. The summed E-state index contributed by atoms with van der Waals surface area (Å²) in [6.07, 6.45) is 1.72. The molecule has 7 heteroatoms. The van der Waals surface area contributed by atoms with E-state index in [4.69, 9.17) is 8.92 Å². The van der Waals surface area contributed by atoms with E-state index in [0.29, 0.717) is 10.9 Å². The van der Waals surface area contributed by atoms with Gasteiger partial charge in [0.25, 0.3) is 0 Å². The van der Waals surface area contributed by atoms with Gasteiger partial charge in [0, 0.05) is 17.3 Å². The van der Waals surface area contributed by atoms with Crippen LogP contribution in [-0.2, 0) is 20.1 Å². The molecule has 2 heterocycles. The van der Waals surface area contributed by atoms with E-state index in [0.717, 1.165) is 27.9 Å². The Morgan fingerprint density at radius 3 is 2.62 bits per heavy atom. The second-order valence-electron chi connectivity index (χ2n) is 5.64. The lowest BCUT2D eigenvalue weighted by atomic mass is 10.1. The van der Waals surface area contributed by atoms with Gasteiger partial charge in [-0.15, -0.1) is 10.2 Å². The Kier molecular flexibility index (Phi) is 4.38. The molecule has 0 amide bonds. The second-order valence-corrected chi connectivity index (χ2v) is 8.09. The van der Waals surface area contributed by atoms with Gasteiger partial charge < -0.3 is 9.72 Å². The van der Waals surface area contributed by atoms with Crippen molar-refractivity contribution in [3.63, 3.8) is 0 Å². The lowest BCUT2D eigenvalue weighted by molar-refractivity contribution is 0.406. The molecule has 0 spiro atoms. The van der Waals surface area contributed by atoms with Crippen molar-refractivity contribution < 1.29 is 13.1 Å². The lowest BCUT2D eigenvalue weighted by Gasteiger charge is -2.25. The van der Waals surface area contributed by atoms with Crippen molar-refractivity contribution in [1.29, 1.82) is 0 Å². The summed E-state index contributed by atoms with van der Waals surface area (Å²) in [6.45, 7) is 3.84. The third-order valence-corrected chi connectivity index (χ3v) is 6.27. The number of aromatic amines is 1. The quantitative estimate of drug-likeness (QED) is 0.694. The first kappa shape index (κ1) is 16.6. The molecule has 6 nitrogen and oxygen atoms in total. The first-order valence-electron chi connectivity index (χ1n) is 7.57. The third kappa shape index (κ3) is 2.81. The lowest BCUT2D eigenvalue weighted by Crippen LogP contribution is -2.20. The summed E-state index contributed by atoms with van der Waals surface area (Å²) in [5, 5.41) is 0.354. The fourth-order valence-electron chi connectivity index (χ4n) is 2.75. The summed E-state index contributed by atoms with van der Waals surface area (Å²) in [5.74, 6) is 0.915. The fourth-order valence-corrected chi connectivity index (χ4v) is 4.47. The van der Waals surface area contributed by atoms with Gasteiger partial charge in [0.05, 0.1) is 36.7 Å². The first-order valence-corrected chi connectivity index (χ1v) is 9.38. The van der Waals surface area contributed by atoms with Crippen LogP contribution >= 0.6 is 0 Å². The number of imidazole rings is 1. The van der Waals surface area contributed by atoms with E-state index in [2.05, 4.69) is 15.0 Å². The summed E-state index contributed by atoms with van der Waals surface area (Å²) in [5.41, 5.74) is 4.08. The molecule has 0 atom stereocenters. The van der Waals surface area contributed by atoms with Gasteiger partial charge in [-0.25, -0.2) is 9.19 Å². The molecular weight excluding hydrogens is 326 g/mol. The van der Waals surface area contributed by atoms with Crippen molar-refractivity contribution >= 4 is 21.2 Å². The van der Waals surface area contributed by atoms with Crippen molar-refractivity contribution in [2.75, 3.05) is 14.2 Å². The Balaban J connectivity index is 2.04. The molecule has 0 aliphatic heterocycles. The number of fused-ring (bicyclic) bond motifs is 1. The topological polar surface area (TPSA) is 77.1 Å². The Morgan fingerprint density at radius 2 is 1.96 bits per heavy atom. The van der Waals surface area contributed by atoms with Gasteiger partial charge in [-0.1, -0.05) is 12.1 Å². The molecule has 3 rings (SSSR count). The highest BCUT2D eigenvalue weighted by Gasteiger charge is 2.21. The Hall–Kier alpha value is -2.25. The summed E-state index contributed by atoms with van der Waals surface area (Å²) >= 11 is 0. The first-order chi connectivity index (χ1) is 11.5. The van der Waals surface area contributed by atoms with Crippen LogP contribution in [0.3, 0.4) is 0 Å². The molecule has 128 valence electrons. The average Bonchev–Trinajstić information content (AvgIpc) is 3.03. The number of rotatable bonds is 5. The third-order valence-electron chi connectivity index (χ3n) is 4.10. The standard InChI is InChI=1S/C17H21N3O3S/c1-11-9-18-15(12(2)16(11)22-3)10-24(21,23-4)17-19-13-7-5-6-8-14(13)20-17/h5-9,24H,10H2,1-4H3,(H,19,20). The molecular formula is C17H21N3O3S. The van der Waals surface area contributed by atoms with Gasteiger partial charge in [0.15, 0.2) is 0 Å². The highest BCUT2D eigenvalue weighted by Crippen LogP contribution is 2.29. The second kappa shape index (κ2) is 6.33. The van der Waals surface area contributed by atoms with Crippen LogP contribution in [0.1, 0.15) is 16.8 Å². The molecule has 0 aliphatic rings. The van der Waals surface area contributed by atoms with Gasteiger partial charge in [0.1, 0.15) is 5.75 Å². The fraction of sp³-hybridized carbons (Fsp3) is 0.294. The molecule has 0 fully saturated rings. The summed E-state index contributed by atoms with van der Waals surface area (Å²) < 4.78 is 24.2. The van der Waals surface area contributed by atoms with Gasteiger partial charge in [0.2, 0.25) is 5.16 Å². The number of methoxy groups -OCH3 is 1. The number of benzene rings is 1. The number of pyridine rings is 1. The van der Waals surface area contributed by atoms with Crippen molar-refractivity contribution in [2.24, 2.45) is 0 Å². The van der Waals surface area contributed by atoms with Gasteiger partial charge in [-0.2, -0.15) is 0 Å². The van der Waals surface area contributed by atoms with Crippen LogP contribution in [0.15, 0.2) is 35.6 Å². The molecule has 0 radical (unpaired) electrons. The van der Waals surface area contributed by atoms with Crippen LogP contribution in [0.4, 0.5) is 0 Å². The molecule has 24 heavy (non-hydrogen) atoms. The molecule has 0 saturated heterocycles. The van der Waals surface area contributed by atoms with E-state index in [-0.39, 0.29) is 5.75 Å². The zero-order valence-electron chi connectivity index (χ0n) is 14.2. The van der Waals surface area contributed by atoms with Crippen LogP contribution < -0.4 is 4.74 Å². The number of hydrogen-bond donors (Lipinski definition) is 2. The van der Waals surface area contributed by atoms with E-state index < -0.39 is 10.2 Å². The molecule has 1 N–H and O–H groups in total. The zero-order chi connectivity index (χ0) is 17.3. The van der Waals surface area contributed by atoms with Gasteiger partial charge in [-0.3, -0.25) is 9.17 Å². The number of nitrogens with one attached hydrogen (secondary N) is 1. The van der Waals surface area contributed by atoms with E-state index >= 15 is 0 Å². The van der Waals surface area contributed by atoms with E-state index in [1.807, 2.05) is 38.1 Å². The predicted molar refractivity (Wildman–Crippen MR) is 94.9 cm³/mol. The molecule has 0 saturated carbocycles. The van der Waals surface area contributed by atoms with E-state index in [1.165, 1.54) is 7.11 Å². The van der Waals surface area contributed by atoms with Crippen molar-refractivity contribution in [1.82, 2.24) is 15.0 Å². The highest BCUT2D eigenvalue weighted by molar-refractivity contribution is 7.97. The average molecular weight is 347 g/mol. The van der Waals surface area contributed by atoms with Crippen molar-refractivity contribution in [3.05, 3.63) is 47.3 Å². The maximum atomic E-state index is 13.4. The SMILES string of the molecule is COc1c(C)cnc(C[SH](=O)(OC)c2nc3ccccc3[nH]2)c1C. The van der Waals surface area contributed by atoms with Crippen molar-refractivity contribution in [3.8, 4) is 5.75 Å². The molecule has 3 aromatic rings.